The molecular weight excluding hydrogens is 120 g/mol. The van der Waals surface area contributed by atoms with E-state index in [0.29, 0.717) is 19.8 Å². The van der Waals surface area contributed by atoms with Crippen LogP contribution >= 0.6 is 0 Å². The molecule has 1 radical (unpaired) electrons. The molecule has 1 rings (SSSR count). The van der Waals surface area contributed by atoms with E-state index in [9.17, 15) is 4.79 Å². The molecule has 0 bridgehead atoms. The Kier molecular flexibility index (Phi) is 2.05. The second kappa shape index (κ2) is 2.82. The standard InChI is InChI=1S/C6H9O3/c1-5(7)9-4-6-2-8-3-6/h2-4H2,1H3. The van der Waals surface area contributed by atoms with Gasteiger partial charge in [0.25, 0.3) is 0 Å². The predicted octanol–water partition coefficient (Wildman–Crippen LogP) is 0.154. The monoisotopic (exact) mass is 129 g/mol. The number of hydrogen-bond acceptors (Lipinski definition) is 3. The summed E-state index contributed by atoms with van der Waals surface area (Å²) in [4.78, 5) is 10.2. The van der Waals surface area contributed by atoms with E-state index in [0.717, 1.165) is 5.92 Å². The van der Waals surface area contributed by atoms with E-state index >= 15 is 0 Å². The lowest BCUT2D eigenvalue weighted by molar-refractivity contribution is -0.141. The minimum atomic E-state index is -0.227. The zero-order chi connectivity index (χ0) is 6.69. The van der Waals surface area contributed by atoms with Crippen molar-refractivity contribution in [3.63, 3.8) is 0 Å². The summed E-state index contributed by atoms with van der Waals surface area (Å²) >= 11 is 0. The number of carbonyl (C=O) groups is 1. The fraction of sp³-hybridized carbons (Fsp3) is 0.667. The first-order chi connectivity index (χ1) is 4.29. The lowest BCUT2D eigenvalue weighted by Gasteiger charge is -2.23. The summed E-state index contributed by atoms with van der Waals surface area (Å²) in [6.07, 6.45) is 0. The van der Waals surface area contributed by atoms with Crippen molar-refractivity contribution in [1.82, 2.24) is 0 Å². The highest BCUT2D eigenvalue weighted by atomic mass is 16.5. The Bertz CT molecular complexity index is 107. The molecule has 0 aromatic rings. The summed E-state index contributed by atoms with van der Waals surface area (Å²) < 4.78 is 9.53. The van der Waals surface area contributed by atoms with Crippen LogP contribution in [-0.4, -0.2) is 25.8 Å². The van der Waals surface area contributed by atoms with Gasteiger partial charge in [-0.15, -0.1) is 0 Å². The van der Waals surface area contributed by atoms with Crippen molar-refractivity contribution in [2.75, 3.05) is 19.8 Å². The van der Waals surface area contributed by atoms with Crippen LogP contribution in [0.15, 0.2) is 0 Å². The molecule has 1 fully saturated rings. The largest absolute Gasteiger partial charge is 0.465 e. The van der Waals surface area contributed by atoms with Crippen molar-refractivity contribution in [2.45, 2.75) is 6.92 Å². The molecule has 51 valence electrons. The fourth-order valence-corrected chi connectivity index (χ4v) is 0.533. The predicted molar refractivity (Wildman–Crippen MR) is 30.7 cm³/mol. The van der Waals surface area contributed by atoms with Gasteiger partial charge >= 0.3 is 5.97 Å². The summed E-state index contributed by atoms with van der Waals surface area (Å²) in [7, 11) is 0. The second-order valence-electron chi connectivity index (χ2n) is 2.02. The Balaban J connectivity index is 1.97. The van der Waals surface area contributed by atoms with Gasteiger partial charge in [0.15, 0.2) is 0 Å². The van der Waals surface area contributed by atoms with E-state index in [1.807, 2.05) is 0 Å². The van der Waals surface area contributed by atoms with Crippen LogP contribution < -0.4 is 0 Å². The Morgan fingerprint density at radius 2 is 2.44 bits per heavy atom. The van der Waals surface area contributed by atoms with E-state index in [4.69, 9.17) is 4.74 Å². The highest BCUT2D eigenvalue weighted by molar-refractivity contribution is 5.66. The van der Waals surface area contributed by atoms with Gasteiger partial charge in [0.1, 0.15) is 6.61 Å². The van der Waals surface area contributed by atoms with Crippen LogP contribution in [0.3, 0.4) is 0 Å². The maximum atomic E-state index is 10.2. The third-order valence-corrected chi connectivity index (χ3v) is 1.09. The molecular formula is C6H9O3. The molecule has 1 heterocycles. The number of rotatable bonds is 2. The number of carbonyl (C=O) groups excluding carboxylic acids is 1. The molecule has 0 amide bonds. The quantitative estimate of drug-likeness (QED) is 0.498. The van der Waals surface area contributed by atoms with Crippen molar-refractivity contribution in [1.29, 1.82) is 0 Å². The zero-order valence-corrected chi connectivity index (χ0v) is 5.35. The summed E-state index contributed by atoms with van der Waals surface area (Å²) in [6.45, 7) is 3.16. The van der Waals surface area contributed by atoms with Gasteiger partial charge < -0.3 is 9.47 Å². The molecule has 3 heteroatoms. The molecule has 0 N–H and O–H groups in total. The van der Waals surface area contributed by atoms with Gasteiger partial charge in [0.2, 0.25) is 0 Å². The lowest BCUT2D eigenvalue weighted by atomic mass is 10.1. The Morgan fingerprint density at radius 1 is 1.78 bits per heavy atom. The molecule has 0 unspecified atom stereocenters. The highest BCUT2D eigenvalue weighted by Gasteiger charge is 2.19. The van der Waals surface area contributed by atoms with Gasteiger partial charge in [-0.2, -0.15) is 0 Å². The molecule has 1 aliphatic rings. The van der Waals surface area contributed by atoms with Crippen molar-refractivity contribution in [3.8, 4) is 0 Å². The van der Waals surface area contributed by atoms with Crippen LogP contribution in [-0.2, 0) is 14.3 Å². The third kappa shape index (κ3) is 2.01. The molecule has 0 aromatic heterocycles. The van der Waals surface area contributed by atoms with E-state index in [1.165, 1.54) is 6.92 Å². The molecule has 1 saturated heterocycles. The summed E-state index contributed by atoms with van der Waals surface area (Å²) in [5.41, 5.74) is 0. The van der Waals surface area contributed by atoms with Crippen LogP contribution in [0.5, 0.6) is 0 Å². The van der Waals surface area contributed by atoms with E-state index in [1.54, 1.807) is 0 Å². The molecule has 9 heavy (non-hydrogen) atoms. The van der Waals surface area contributed by atoms with E-state index < -0.39 is 0 Å². The summed E-state index contributed by atoms with van der Waals surface area (Å²) in [5, 5.41) is 0. The van der Waals surface area contributed by atoms with E-state index in [-0.39, 0.29) is 5.97 Å². The smallest absolute Gasteiger partial charge is 0.302 e. The first-order valence-electron chi connectivity index (χ1n) is 2.83. The van der Waals surface area contributed by atoms with Gasteiger partial charge in [-0.1, -0.05) is 0 Å². The lowest BCUT2D eigenvalue weighted by Crippen LogP contribution is -2.29. The topological polar surface area (TPSA) is 35.5 Å². The Hall–Kier alpha value is -0.570. The van der Waals surface area contributed by atoms with Gasteiger partial charge in [-0.05, 0) is 0 Å². The molecule has 0 spiro atoms. The van der Waals surface area contributed by atoms with Crippen LogP contribution in [0.1, 0.15) is 6.92 Å². The van der Waals surface area contributed by atoms with Gasteiger partial charge in [0.05, 0.1) is 19.1 Å². The normalized spacial score (nSPS) is 18.8. The van der Waals surface area contributed by atoms with Gasteiger partial charge in [-0.3, -0.25) is 4.79 Å². The van der Waals surface area contributed by atoms with E-state index in [2.05, 4.69) is 4.74 Å². The molecule has 0 aromatic carbocycles. The van der Waals surface area contributed by atoms with Crippen molar-refractivity contribution in [3.05, 3.63) is 5.92 Å². The average Bonchev–Trinajstić information content (AvgIpc) is 1.60. The van der Waals surface area contributed by atoms with Crippen LogP contribution in [0.2, 0.25) is 0 Å². The first kappa shape index (κ1) is 6.55. The molecule has 0 atom stereocenters. The Morgan fingerprint density at radius 3 is 2.78 bits per heavy atom. The van der Waals surface area contributed by atoms with Crippen LogP contribution in [0.4, 0.5) is 0 Å². The number of ether oxygens (including phenoxy) is 2. The number of hydrogen-bond donors (Lipinski definition) is 0. The third-order valence-electron chi connectivity index (χ3n) is 1.09. The number of esters is 1. The minimum absolute atomic E-state index is 0.227. The molecule has 0 aliphatic carbocycles. The second-order valence-corrected chi connectivity index (χ2v) is 2.02. The van der Waals surface area contributed by atoms with Crippen LogP contribution in [0, 0.1) is 5.92 Å². The minimum Gasteiger partial charge on any atom is -0.465 e. The van der Waals surface area contributed by atoms with Crippen molar-refractivity contribution < 1.29 is 14.3 Å². The maximum absolute atomic E-state index is 10.2. The SMILES string of the molecule is CC(=O)OC[C]1COC1. The first-order valence-corrected chi connectivity index (χ1v) is 2.83. The highest BCUT2D eigenvalue weighted by Crippen LogP contribution is 2.11. The van der Waals surface area contributed by atoms with Gasteiger partial charge in [0, 0.05) is 6.92 Å². The van der Waals surface area contributed by atoms with Crippen molar-refractivity contribution >= 4 is 5.97 Å². The molecule has 1 aliphatic heterocycles. The van der Waals surface area contributed by atoms with Gasteiger partial charge in [-0.25, -0.2) is 0 Å². The Labute approximate surface area is 53.9 Å². The average molecular weight is 129 g/mol. The fourth-order valence-electron chi connectivity index (χ4n) is 0.533. The summed E-state index contributed by atoms with van der Waals surface area (Å²) in [6, 6.07) is 0. The maximum Gasteiger partial charge on any atom is 0.302 e. The molecule has 3 nitrogen and oxygen atoms in total. The van der Waals surface area contributed by atoms with Crippen molar-refractivity contribution in [2.24, 2.45) is 0 Å². The molecule has 0 saturated carbocycles. The van der Waals surface area contributed by atoms with Crippen LogP contribution in [0.25, 0.3) is 0 Å². The zero-order valence-electron chi connectivity index (χ0n) is 5.35. The summed E-state index contributed by atoms with van der Waals surface area (Å²) in [5.74, 6) is 0.930.